The molecule has 20 heavy (non-hydrogen) atoms. The van der Waals surface area contributed by atoms with Gasteiger partial charge in [0.1, 0.15) is 6.04 Å². The Labute approximate surface area is 118 Å². The highest BCUT2D eigenvalue weighted by Crippen LogP contribution is 2.16. The Bertz CT molecular complexity index is 456. The third-order valence-electron chi connectivity index (χ3n) is 3.14. The van der Waals surface area contributed by atoms with Crippen LogP contribution in [0.3, 0.4) is 0 Å². The molecule has 1 aromatic carbocycles. The molecule has 108 valence electrons. The Hall–Kier alpha value is -2.20. The van der Waals surface area contributed by atoms with Crippen molar-refractivity contribution in [3.63, 3.8) is 0 Å². The fourth-order valence-electron chi connectivity index (χ4n) is 2.14. The Morgan fingerprint density at radius 2 is 2.10 bits per heavy atom. The molecule has 6 nitrogen and oxygen atoms in total. The van der Waals surface area contributed by atoms with Crippen molar-refractivity contribution >= 4 is 6.09 Å². The molecule has 1 rings (SSSR count). The maximum absolute atomic E-state index is 11.2. The average Bonchev–Trinajstić information content (AvgIpc) is 2.45. The van der Waals surface area contributed by atoms with Gasteiger partial charge in [-0.3, -0.25) is 0 Å². The summed E-state index contributed by atoms with van der Waals surface area (Å²) in [6, 6.07) is 9.42. The number of carboxylic acid groups (broad SMARTS) is 1. The number of unbranched alkanes of at least 4 members (excludes halogenated alkanes) is 2. The molecule has 0 aliphatic heterocycles. The molecule has 1 unspecified atom stereocenters. The van der Waals surface area contributed by atoms with E-state index < -0.39 is 6.09 Å². The number of hydrogen-bond donors (Lipinski definition) is 2. The van der Waals surface area contributed by atoms with E-state index in [1.165, 1.54) is 0 Å². The normalized spacial score (nSPS) is 11.4. The first-order chi connectivity index (χ1) is 9.69. The largest absolute Gasteiger partial charge is 0.526 e. The molecule has 1 atom stereocenters. The second-order valence-corrected chi connectivity index (χ2v) is 4.66. The summed E-state index contributed by atoms with van der Waals surface area (Å²) in [7, 11) is 0. The van der Waals surface area contributed by atoms with Crippen molar-refractivity contribution < 1.29 is 9.90 Å². The van der Waals surface area contributed by atoms with Crippen molar-refractivity contribution in [3.8, 4) is 0 Å². The summed E-state index contributed by atoms with van der Waals surface area (Å²) in [5.74, 6) is 0. The zero-order valence-electron chi connectivity index (χ0n) is 11.7. The summed E-state index contributed by atoms with van der Waals surface area (Å²) in [6.07, 6.45) is 3.19. The van der Waals surface area contributed by atoms with E-state index in [9.17, 15) is 9.90 Å². The maximum Gasteiger partial charge on any atom is 0.526 e. The Morgan fingerprint density at radius 1 is 1.40 bits per heavy atom. The summed E-state index contributed by atoms with van der Waals surface area (Å²) in [6.45, 7) is 2.10. The third-order valence-corrected chi connectivity index (χ3v) is 3.14. The molecular formula is C14H21N4O2+. The van der Waals surface area contributed by atoms with E-state index in [0.29, 0.717) is 12.8 Å². The smallest absolute Gasteiger partial charge is 0.445 e. The van der Waals surface area contributed by atoms with Crippen molar-refractivity contribution in [2.75, 3.05) is 0 Å². The van der Waals surface area contributed by atoms with Gasteiger partial charge in [0.05, 0.1) is 4.91 Å². The minimum Gasteiger partial charge on any atom is -0.445 e. The minimum absolute atomic E-state index is 0.282. The van der Waals surface area contributed by atoms with Crippen LogP contribution >= 0.6 is 0 Å². The van der Waals surface area contributed by atoms with E-state index in [1.807, 2.05) is 30.3 Å². The first-order valence-electron chi connectivity index (χ1n) is 6.82. The predicted molar refractivity (Wildman–Crippen MR) is 75.2 cm³/mol. The zero-order chi connectivity index (χ0) is 14.8. The van der Waals surface area contributed by atoms with Crippen LogP contribution < -0.4 is 4.91 Å². The number of hydrogen-bond acceptors (Lipinski definition) is 3. The number of carbonyl (C=O) groups is 1. The number of nitrogens with zero attached hydrogens (tertiary/aromatic N) is 3. The van der Waals surface area contributed by atoms with E-state index in [4.69, 9.17) is 5.53 Å². The van der Waals surface area contributed by atoms with Crippen molar-refractivity contribution in [3.05, 3.63) is 35.9 Å². The molecule has 0 spiro atoms. The molecule has 0 heterocycles. The summed E-state index contributed by atoms with van der Waals surface area (Å²) in [5.41, 5.74) is 7.82. The lowest BCUT2D eigenvalue weighted by Crippen LogP contribution is -2.37. The number of amides is 1. The average molecular weight is 277 g/mol. The first kappa shape index (κ1) is 15.9. The van der Waals surface area contributed by atoms with Gasteiger partial charge in [-0.15, -0.1) is 0 Å². The van der Waals surface area contributed by atoms with Crippen LogP contribution in [0.5, 0.6) is 0 Å². The van der Waals surface area contributed by atoms with Crippen LogP contribution in [0.1, 0.15) is 38.2 Å². The van der Waals surface area contributed by atoms with E-state index >= 15 is 0 Å². The lowest BCUT2D eigenvalue weighted by molar-refractivity contribution is 0.115. The van der Waals surface area contributed by atoms with Gasteiger partial charge in [0, 0.05) is 6.42 Å². The first-order valence-corrected chi connectivity index (χ1v) is 6.82. The molecule has 0 saturated carbocycles. The van der Waals surface area contributed by atoms with Gasteiger partial charge in [-0.1, -0.05) is 50.1 Å². The second-order valence-electron chi connectivity index (χ2n) is 4.66. The molecule has 0 aromatic heterocycles. The quantitative estimate of drug-likeness (QED) is 0.329. The summed E-state index contributed by atoms with van der Waals surface area (Å²) in [5, 5.41) is 13.5. The van der Waals surface area contributed by atoms with Crippen LogP contribution in [0.25, 0.3) is 0 Å². The molecule has 1 amide bonds. The number of nitrogens with one attached hydrogen (secondary N) is 1. The lowest BCUT2D eigenvalue weighted by atomic mass is 10.00. The van der Waals surface area contributed by atoms with Gasteiger partial charge in [0.2, 0.25) is 5.22 Å². The third kappa shape index (κ3) is 5.20. The van der Waals surface area contributed by atoms with Crippen LogP contribution in [-0.2, 0) is 6.42 Å². The number of rotatable bonds is 8. The van der Waals surface area contributed by atoms with E-state index in [-0.39, 0.29) is 6.04 Å². The van der Waals surface area contributed by atoms with Gasteiger partial charge >= 0.3 is 6.09 Å². The molecule has 0 fully saturated rings. The van der Waals surface area contributed by atoms with Crippen LogP contribution in [-0.4, -0.2) is 22.3 Å². The topological polar surface area (TPSA) is 90.9 Å². The van der Waals surface area contributed by atoms with Gasteiger partial charge in [-0.2, -0.15) is 4.79 Å². The van der Waals surface area contributed by atoms with Crippen LogP contribution in [0.15, 0.2) is 35.6 Å². The van der Waals surface area contributed by atoms with E-state index in [1.54, 1.807) is 0 Å². The number of benzene rings is 1. The summed E-state index contributed by atoms with van der Waals surface area (Å²) >= 11 is 0. The molecule has 6 heteroatoms. The molecule has 1 aromatic rings. The Morgan fingerprint density at radius 3 is 2.65 bits per heavy atom. The van der Waals surface area contributed by atoms with E-state index in [0.717, 1.165) is 29.8 Å². The molecule has 0 radical (unpaired) electrons. The van der Waals surface area contributed by atoms with Gasteiger partial charge in [0.25, 0.3) is 0 Å². The SMILES string of the molecule is CCCCCC(Cc1ccccc1)N(N=[N+]=N)C(=O)O. The fourth-order valence-corrected chi connectivity index (χ4v) is 2.14. The van der Waals surface area contributed by atoms with Crippen molar-refractivity contribution in [2.24, 2.45) is 5.22 Å². The Kier molecular flexibility index (Phi) is 7.00. The molecule has 0 saturated heterocycles. The molecule has 2 N–H and O–H groups in total. The Balaban J connectivity index is 2.82. The van der Waals surface area contributed by atoms with Gasteiger partial charge < -0.3 is 5.11 Å². The monoisotopic (exact) mass is 277 g/mol. The van der Waals surface area contributed by atoms with Crippen molar-refractivity contribution in [2.45, 2.75) is 45.1 Å². The highest BCUT2D eigenvalue weighted by atomic mass is 16.4. The van der Waals surface area contributed by atoms with Gasteiger partial charge in [-0.25, -0.2) is 0 Å². The molecular weight excluding hydrogens is 256 g/mol. The highest BCUT2D eigenvalue weighted by Gasteiger charge is 2.31. The van der Waals surface area contributed by atoms with Crippen LogP contribution in [0.2, 0.25) is 0 Å². The van der Waals surface area contributed by atoms with Gasteiger partial charge in [-0.05, 0) is 28.9 Å². The summed E-state index contributed by atoms with van der Waals surface area (Å²) in [4.78, 5) is 14.1. The molecule has 0 bridgehead atoms. The standard InChI is InChI=1S/C14H20N4O2/c1-2-3-5-10-13(18(14(19)20)17-16-15)11-12-8-6-4-7-9-12/h4,6-9,13,15H,2-3,5,10-11H2,1H3/p+1. The van der Waals surface area contributed by atoms with Crippen LogP contribution in [0.4, 0.5) is 4.79 Å². The zero-order valence-corrected chi connectivity index (χ0v) is 11.7. The van der Waals surface area contributed by atoms with Crippen molar-refractivity contribution in [1.82, 2.24) is 9.92 Å². The minimum atomic E-state index is -1.17. The van der Waals surface area contributed by atoms with E-state index in [2.05, 4.69) is 17.1 Å². The van der Waals surface area contributed by atoms with Crippen molar-refractivity contribution in [1.29, 1.82) is 5.53 Å². The van der Waals surface area contributed by atoms with Crippen LogP contribution in [0, 0.1) is 5.53 Å². The lowest BCUT2D eigenvalue weighted by Gasteiger charge is -2.16. The molecule has 0 aliphatic rings. The second kappa shape index (κ2) is 8.82. The maximum atomic E-state index is 11.2. The predicted octanol–water partition coefficient (Wildman–Crippen LogP) is 3.62. The summed E-state index contributed by atoms with van der Waals surface area (Å²) < 4.78 is 0. The van der Waals surface area contributed by atoms with Gasteiger partial charge in [0.15, 0.2) is 0 Å². The molecule has 0 aliphatic carbocycles. The fraction of sp³-hybridized carbons (Fsp3) is 0.500. The highest BCUT2D eigenvalue weighted by molar-refractivity contribution is 5.64.